The molecule has 0 unspecified atom stereocenters. The highest BCUT2D eigenvalue weighted by molar-refractivity contribution is 5.97. The number of amides is 1. The first kappa shape index (κ1) is 15.9. The molecule has 1 saturated heterocycles. The van der Waals surface area contributed by atoms with Gasteiger partial charge in [0.25, 0.3) is 0 Å². The minimum Gasteiger partial charge on any atom is -0.355 e. The van der Waals surface area contributed by atoms with Crippen molar-refractivity contribution < 1.29 is 4.79 Å². The zero-order valence-electron chi connectivity index (χ0n) is 14.8. The summed E-state index contributed by atoms with van der Waals surface area (Å²) in [4.78, 5) is 29.6. The van der Waals surface area contributed by atoms with Gasteiger partial charge in [0, 0.05) is 31.4 Å². The van der Waals surface area contributed by atoms with Gasteiger partial charge in [0.05, 0.1) is 5.92 Å². The molecule has 1 amide bonds. The Kier molecular flexibility index (Phi) is 3.81. The van der Waals surface area contributed by atoms with Gasteiger partial charge in [0.15, 0.2) is 5.82 Å². The van der Waals surface area contributed by atoms with E-state index in [0.717, 1.165) is 30.9 Å². The Morgan fingerprint density at radius 1 is 1.07 bits per heavy atom. The van der Waals surface area contributed by atoms with E-state index in [1.807, 2.05) is 23.1 Å². The zero-order valence-corrected chi connectivity index (χ0v) is 14.8. The molecule has 2 aliphatic heterocycles. The van der Waals surface area contributed by atoms with Gasteiger partial charge in [-0.1, -0.05) is 18.2 Å². The third-order valence-corrected chi connectivity index (χ3v) is 5.22. The molecule has 1 fully saturated rings. The largest absolute Gasteiger partial charge is 0.355 e. The van der Waals surface area contributed by atoms with Gasteiger partial charge < -0.3 is 9.80 Å². The molecule has 0 N–H and O–H groups in total. The molecule has 0 atom stereocenters. The molecule has 0 spiro atoms. The topological polar surface area (TPSA) is 80.0 Å². The molecule has 136 valence electrons. The van der Waals surface area contributed by atoms with Crippen LogP contribution in [-0.2, 0) is 11.2 Å². The molecule has 3 aromatic rings. The van der Waals surface area contributed by atoms with Crippen molar-refractivity contribution in [1.29, 1.82) is 0 Å². The summed E-state index contributed by atoms with van der Waals surface area (Å²) >= 11 is 0. The maximum absolute atomic E-state index is 13.0. The molecular formula is C19H19N7O. The lowest BCUT2D eigenvalue weighted by atomic mass is 9.95. The Hall–Kier alpha value is -3.29. The summed E-state index contributed by atoms with van der Waals surface area (Å²) in [5, 5.41) is 4.09. The van der Waals surface area contributed by atoms with Gasteiger partial charge in [-0.2, -0.15) is 5.10 Å². The molecule has 5 rings (SSSR count). The van der Waals surface area contributed by atoms with Crippen LogP contribution in [0.15, 0.2) is 49.3 Å². The Morgan fingerprint density at radius 2 is 1.93 bits per heavy atom. The molecule has 8 heteroatoms. The Bertz CT molecular complexity index is 966. The number of hydrogen-bond donors (Lipinski definition) is 0. The second kappa shape index (κ2) is 6.46. The predicted molar refractivity (Wildman–Crippen MR) is 99.8 cm³/mol. The minimum atomic E-state index is 0.000872. The van der Waals surface area contributed by atoms with Crippen LogP contribution in [-0.4, -0.2) is 50.3 Å². The quantitative estimate of drug-likeness (QED) is 0.703. The number of nitrogens with zero attached hydrogens (tertiary/aromatic N) is 7. The van der Waals surface area contributed by atoms with E-state index in [1.54, 1.807) is 11.0 Å². The van der Waals surface area contributed by atoms with Crippen molar-refractivity contribution in [2.24, 2.45) is 5.92 Å². The third kappa shape index (κ3) is 2.83. The average Bonchev–Trinajstić information content (AvgIpc) is 3.21. The SMILES string of the molecule is O=C(C1CN(c2cc(-n3cncn3)ncn2)C1)N1CCCc2ccccc21. The second-order valence-corrected chi connectivity index (χ2v) is 6.90. The summed E-state index contributed by atoms with van der Waals surface area (Å²) in [7, 11) is 0. The van der Waals surface area contributed by atoms with Gasteiger partial charge in [-0.3, -0.25) is 4.79 Å². The maximum Gasteiger partial charge on any atom is 0.233 e. The molecule has 4 heterocycles. The molecule has 27 heavy (non-hydrogen) atoms. The standard InChI is InChI=1S/C19H19N7O/c27-19(25-7-3-5-14-4-1-2-6-16(14)25)15-9-24(10-15)17-8-18(22-12-21-17)26-13-20-11-23-26/h1-2,4,6,8,11-13,15H,3,5,7,9-10H2. The summed E-state index contributed by atoms with van der Waals surface area (Å²) in [5.41, 5.74) is 2.34. The number of anilines is 2. The summed E-state index contributed by atoms with van der Waals surface area (Å²) in [6, 6.07) is 10.1. The Balaban J connectivity index is 1.29. The lowest BCUT2D eigenvalue weighted by Crippen LogP contribution is -2.55. The van der Waals surface area contributed by atoms with Crippen LogP contribution in [0.5, 0.6) is 0 Å². The first-order valence-corrected chi connectivity index (χ1v) is 9.11. The molecule has 0 radical (unpaired) electrons. The van der Waals surface area contributed by atoms with E-state index in [-0.39, 0.29) is 11.8 Å². The molecule has 0 saturated carbocycles. The first-order chi connectivity index (χ1) is 13.3. The van der Waals surface area contributed by atoms with Gasteiger partial charge in [-0.05, 0) is 24.5 Å². The monoisotopic (exact) mass is 361 g/mol. The number of fused-ring (bicyclic) bond motifs is 1. The van der Waals surface area contributed by atoms with Crippen LogP contribution in [0.4, 0.5) is 11.5 Å². The molecular weight excluding hydrogens is 342 g/mol. The minimum absolute atomic E-state index is 0.000872. The number of carbonyl (C=O) groups excluding carboxylic acids is 1. The number of rotatable bonds is 3. The average molecular weight is 361 g/mol. The number of hydrogen-bond acceptors (Lipinski definition) is 6. The fourth-order valence-electron chi connectivity index (χ4n) is 3.77. The van der Waals surface area contributed by atoms with Crippen LogP contribution in [0.3, 0.4) is 0 Å². The van der Waals surface area contributed by atoms with Crippen LogP contribution in [0.2, 0.25) is 0 Å². The van der Waals surface area contributed by atoms with Crippen LogP contribution in [0.1, 0.15) is 12.0 Å². The summed E-state index contributed by atoms with van der Waals surface area (Å²) in [5.74, 6) is 1.68. The van der Waals surface area contributed by atoms with Crippen LogP contribution >= 0.6 is 0 Å². The Morgan fingerprint density at radius 3 is 2.78 bits per heavy atom. The molecule has 2 aliphatic rings. The highest BCUT2D eigenvalue weighted by Gasteiger charge is 2.37. The van der Waals surface area contributed by atoms with Crippen molar-refractivity contribution in [3.8, 4) is 5.82 Å². The summed E-state index contributed by atoms with van der Waals surface area (Å²) in [6.45, 7) is 2.15. The molecule has 1 aromatic carbocycles. The fourth-order valence-corrected chi connectivity index (χ4v) is 3.77. The van der Waals surface area contributed by atoms with Gasteiger partial charge in [-0.25, -0.2) is 19.6 Å². The van der Waals surface area contributed by atoms with Gasteiger partial charge in [-0.15, -0.1) is 0 Å². The predicted octanol–water partition coefficient (Wildman–Crippen LogP) is 1.47. The first-order valence-electron chi connectivity index (χ1n) is 9.11. The molecule has 2 aromatic heterocycles. The zero-order chi connectivity index (χ0) is 18.2. The lowest BCUT2D eigenvalue weighted by Gasteiger charge is -2.42. The van der Waals surface area contributed by atoms with Gasteiger partial charge in [0.1, 0.15) is 24.8 Å². The fraction of sp³-hybridized carbons (Fsp3) is 0.316. The van der Waals surface area contributed by atoms with Gasteiger partial charge in [0.2, 0.25) is 5.91 Å². The summed E-state index contributed by atoms with van der Waals surface area (Å²) < 4.78 is 1.60. The summed E-state index contributed by atoms with van der Waals surface area (Å²) in [6.07, 6.45) is 6.65. The van der Waals surface area contributed by atoms with Crippen molar-refractivity contribution in [3.63, 3.8) is 0 Å². The highest BCUT2D eigenvalue weighted by Crippen LogP contribution is 2.31. The van der Waals surface area contributed by atoms with E-state index in [4.69, 9.17) is 0 Å². The number of carbonyl (C=O) groups is 1. The van der Waals surface area contributed by atoms with Crippen molar-refractivity contribution in [1.82, 2.24) is 24.7 Å². The normalized spacial score (nSPS) is 16.7. The molecule has 0 aliphatic carbocycles. The van der Waals surface area contributed by atoms with Crippen LogP contribution in [0, 0.1) is 5.92 Å². The van der Waals surface area contributed by atoms with E-state index < -0.39 is 0 Å². The van der Waals surface area contributed by atoms with Crippen LogP contribution in [0.25, 0.3) is 5.82 Å². The maximum atomic E-state index is 13.0. The van der Waals surface area contributed by atoms with Gasteiger partial charge >= 0.3 is 0 Å². The van der Waals surface area contributed by atoms with E-state index in [1.165, 1.54) is 18.2 Å². The van der Waals surface area contributed by atoms with E-state index in [9.17, 15) is 4.79 Å². The number of aromatic nitrogens is 5. The number of para-hydroxylation sites is 1. The van der Waals surface area contributed by atoms with E-state index in [0.29, 0.717) is 18.9 Å². The van der Waals surface area contributed by atoms with Crippen LogP contribution < -0.4 is 9.80 Å². The molecule has 8 nitrogen and oxygen atoms in total. The van der Waals surface area contributed by atoms with Crippen molar-refractivity contribution >= 4 is 17.4 Å². The van der Waals surface area contributed by atoms with E-state index in [2.05, 4.69) is 37.1 Å². The van der Waals surface area contributed by atoms with E-state index >= 15 is 0 Å². The van der Waals surface area contributed by atoms with Crippen molar-refractivity contribution in [2.75, 3.05) is 29.4 Å². The molecule has 0 bridgehead atoms. The van der Waals surface area contributed by atoms with Crippen molar-refractivity contribution in [2.45, 2.75) is 12.8 Å². The highest BCUT2D eigenvalue weighted by atomic mass is 16.2. The van der Waals surface area contributed by atoms with Crippen molar-refractivity contribution in [3.05, 3.63) is 54.9 Å². The smallest absolute Gasteiger partial charge is 0.233 e. The third-order valence-electron chi connectivity index (χ3n) is 5.22. The second-order valence-electron chi connectivity index (χ2n) is 6.90. The number of aryl methyl sites for hydroxylation is 1. The number of benzene rings is 1. The lowest BCUT2D eigenvalue weighted by molar-refractivity contribution is -0.123. The Labute approximate surface area is 156 Å².